The zero-order valence-electron chi connectivity index (χ0n) is 31.3. The number of esters is 1. The van der Waals surface area contributed by atoms with Gasteiger partial charge in [-0.3, -0.25) is 14.4 Å². The third kappa shape index (κ3) is 6.12. The van der Waals surface area contributed by atoms with Gasteiger partial charge in [-0.2, -0.15) is 0 Å². The van der Waals surface area contributed by atoms with Gasteiger partial charge in [0.1, 0.15) is 27.6 Å². The van der Waals surface area contributed by atoms with Crippen LogP contribution >= 0.6 is 45.9 Å². The predicted octanol–water partition coefficient (Wildman–Crippen LogP) is 8.75. The molecule has 294 valence electrons. The Kier molecular flexibility index (Phi) is 10.1. The second kappa shape index (κ2) is 15.1. The number of aryl methyl sites for hydroxylation is 2. The first-order chi connectivity index (χ1) is 27.9. The van der Waals surface area contributed by atoms with Crippen LogP contribution in [0, 0.1) is 0 Å². The van der Waals surface area contributed by atoms with Crippen molar-refractivity contribution in [3.05, 3.63) is 91.6 Å². The van der Waals surface area contributed by atoms with E-state index in [9.17, 15) is 19.2 Å². The highest BCUT2D eigenvalue weighted by atomic mass is 35.5. The highest BCUT2D eigenvalue weighted by Gasteiger charge is 2.31. The van der Waals surface area contributed by atoms with E-state index in [4.69, 9.17) is 58.8 Å². The molecule has 13 nitrogen and oxygen atoms in total. The Balaban J connectivity index is 1.43. The van der Waals surface area contributed by atoms with Crippen LogP contribution in [0.15, 0.2) is 60.7 Å². The van der Waals surface area contributed by atoms with Gasteiger partial charge in [-0.15, -0.1) is 22.7 Å². The second-order valence-electron chi connectivity index (χ2n) is 13.0. The molecule has 0 atom stereocenters. The van der Waals surface area contributed by atoms with Gasteiger partial charge in [-0.25, -0.2) is 14.8 Å². The zero-order valence-corrected chi connectivity index (χ0v) is 34.4. The average Bonchev–Trinajstić information content (AvgIpc) is 3.97. The molecule has 4 heterocycles. The molecule has 0 saturated carbocycles. The highest BCUT2D eigenvalue weighted by molar-refractivity contribution is 7.22. The normalized spacial score (nSPS) is 11.6. The summed E-state index contributed by atoms with van der Waals surface area (Å²) in [5.74, 6) is -1.14. The molecule has 0 saturated heterocycles. The number of amides is 2. The van der Waals surface area contributed by atoms with Crippen LogP contribution < -0.4 is 20.9 Å². The summed E-state index contributed by atoms with van der Waals surface area (Å²) in [5.41, 5.74) is 14.5. The van der Waals surface area contributed by atoms with Crippen LogP contribution in [-0.4, -0.2) is 63.5 Å². The fourth-order valence-electron chi connectivity index (χ4n) is 7.40. The minimum atomic E-state index is -0.715. The number of ketones is 1. The minimum Gasteiger partial charge on any atom is -0.494 e. The lowest BCUT2D eigenvalue weighted by molar-refractivity contribution is 0.0532. The quantitative estimate of drug-likeness (QED) is 0.0896. The topological polar surface area (TPSA) is 184 Å². The Hall–Kier alpha value is -6.00. The van der Waals surface area contributed by atoms with Crippen molar-refractivity contribution in [1.82, 2.24) is 19.1 Å². The number of primary amides is 2. The Morgan fingerprint density at radius 1 is 0.690 bits per heavy atom. The van der Waals surface area contributed by atoms with Crippen molar-refractivity contribution < 1.29 is 33.4 Å². The van der Waals surface area contributed by atoms with Crippen molar-refractivity contribution in [3.8, 4) is 34.3 Å². The summed E-state index contributed by atoms with van der Waals surface area (Å²) in [5, 5.41) is 2.04. The van der Waals surface area contributed by atoms with Gasteiger partial charge in [0.05, 0.1) is 63.5 Å². The molecule has 4 aromatic heterocycles. The summed E-state index contributed by atoms with van der Waals surface area (Å²) in [6, 6.07) is 17.4. The van der Waals surface area contributed by atoms with Crippen LogP contribution in [0.2, 0.25) is 10.0 Å². The fourth-order valence-corrected chi connectivity index (χ4v) is 10.3. The third-order valence-corrected chi connectivity index (χ3v) is 12.8. The molecule has 8 aromatic rings. The number of nitrogens with zero attached hydrogens (tertiary/aromatic N) is 4. The maximum atomic E-state index is 13.7. The number of Topliss-reactive ketones (excluding diaryl/α,β-unsaturated/α-hetero) is 1. The number of methoxy groups -OCH3 is 2. The van der Waals surface area contributed by atoms with E-state index in [0.29, 0.717) is 70.5 Å². The molecule has 17 heteroatoms. The number of hydrogen-bond acceptors (Lipinski definition) is 11. The van der Waals surface area contributed by atoms with Gasteiger partial charge in [0.15, 0.2) is 17.3 Å². The number of thiophene rings is 2. The largest absolute Gasteiger partial charge is 0.494 e. The molecule has 0 aliphatic carbocycles. The Morgan fingerprint density at radius 2 is 1.14 bits per heavy atom. The van der Waals surface area contributed by atoms with Gasteiger partial charge in [-0.05, 0) is 62.4 Å². The number of benzene rings is 4. The summed E-state index contributed by atoms with van der Waals surface area (Å²) in [4.78, 5) is 63.0. The standard InChI is InChI=1S/C41H32Cl2N6O7S2/c1-5-56-41(53)36-30(28-22(43)9-7-11-26(28)58-36)40-47-32-24(15-13-20(38(45)52)34(32)55-4)49(40)17-16-48-23-14-12-19(37(44)51)33(54-3)31(23)46-39(48)29-27-21(42)8-6-10-25(27)57-35(29)18(2)50/h6-15H,5,16-17H2,1-4H3,(H2,44,51)(H2,45,52). The number of aromatic nitrogens is 4. The molecule has 4 N–H and O–H groups in total. The molecule has 0 aliphatic rings. The van der Waals surface area contributed by atoms with Crippen LogP contribution in [0.5, 0.6) is 11.5 Å². The van der Waals surface area contributed by atoms with Crippen molar-refractivity contribution in [2.75, 3.05) is 20.8 Å². The number of nitrogens with two attached hydrogens (primary N) is 2. The number of rotatable bonds is 12. The first kappa shape index (κ1) is 38.9. The minimum absolute atomic E-state index is 0.114. The number of fused-ring (bicyclic) bond motifs is 4. The number of carbonyl (C=O) groups excluding carboxylic acids is 4. The SMILES string of the molecule is CCOC(=O)c1sc2cccc(Cl)c2c1-c1nc2c(OC)c(C(N)=O)ccc2n1CCn1c(-c2c(C(C)=O)sc3cccc(Cl)c23)nc2c(OC)c(C(N)=O)ccc21. The molecule has 58 heavy (non-hydrogen) atoms. The maximum absolute atomic E-state index is 13.7. The lowest BCUT2D eigenvalue weighted by Crippen LogP contribution is -2.13. The van der Waals surface area contributed by atoms with E-state index in [2.05, 4.69) is 0 Å². The lowest BCUT2D eigenvalue weighted by atomic mass is 10.1. The smallest absolute Gasteiger partial charge is 0.349 e. The lowest BCUT2D eigenvalue weighted by Gasteiger charge is -2.15. The molecule has 0 fully saturated rings. The molecule has 8 rings (SSSR count). The molecule has 0 unspecified atom stereocenters. The third-order valence-electron chi connectivity index (χ3n) is 9.79. The number of carbonyl (C=O) groups is 4. The van der Waals surface area contributed by atoms with E-state index in [0.717, 1.165) is 9.40 Å². The summed E-state index contributed by atoms with van der Waals surface area (Å²) in [6.45, 7) is 3.67. The molecular formula is C41H32Cl2N6O7S2. The van der Waals surface area contributed by atoms with E-state index in [-0.39, 0.29) is 53.0 Å². The van der Waals surface area contributed by atoms with Crippen LogP contribution in [0.1, 0.15) is 53.9 Å². The van der Waals surface area contributed by atoms with Crippen molar-refractivity contribution in [2.24, 2.45) is 11.5 Å². The first-order valence-corrected chi connectivity index (χ1v) is 20.1. The first-order valence-electron chi connectivity index (χ1n) is 17.7. The Labute approximate surface area is 347 Å². The van der Waals surface area contributed by atoms with Crippen molar-refractivity contribution in [3.63, 3.8) is 0 Å². The molecule has 0 aliphatic heterocycles. The van der Waals surface area contributed by atoms with E-state index in [1.165, 1.54) is 43.8 Å². The summed E-state index contributed by atoms with van der Waals surface area (Å²) < 4.78 is 22.3. The van der Waals surface area contributed by atoms with Crippen LogP contribution in [-0.2, 0) is 17.8 Å². The number of imidazole rings is 2. The monoisotopic (exact) mass is 854 g/mol. The molecule has 0 radical (unpaired) electrons. The number of hydrogen-bond donors (Lipinski definition) is 2. The molecule has 2 amide bonds. The van der Waals surface area contributed by atoms with E-state index in [1.807, 2.05) is 27.3 Å². The number of ether oxygens (including phenoxy) is 3. The molecule has 0 bridgehead atoms. The van der Waals surface area contributed by atoms with Crippen molar-refractivity contribution in [1.29, 1.82) is 0 Å². The fraction of sp³-hybridized carbons (Fsp3) is 0.171. The van der Waals surface area contributed by atoms with Crippen LogP contribution in [0.4, 0.5) is 0 Å². The average molecular weight is 856 g/mol. The predicted molar refractivity (Wildman–Crippen MR) is 227 cm³/mol. The molecule has 4 aromatic carbocycles. The van der Waals surface area contributed by atoms with E-state index in [1.54, 1.807) is 49.4 Å². The Morgan fingerprint density at radius 3 is 1.55 bits per heavy atom. The van der Waals surface area contributed by atoms with Gasteiger partial charge < -0.3 is 34.8 Å². The molecule has 0 spiro atoms. The van der Waals surface area contributed by atoms with E-state index >= 15 is 0 Å². The van der Waals surface area contributed by atoms with Gasteiger partial charge in [-0.1, -0.05) is 35.3 Å². The summed E-state index contributed by atoms with van der Waals surface area (Å²) >= 11 is 16.3. The van der Waals surface area contributed by atoms with Crippen molar-refractivity contribution in [2.45, 2.75) is 26.9 Å². The van der Waals surface area contributed by atoms with E-state index < -0.39 is 17.8 Å². The maximum Gasteiger partial charge on any atom is 0.349 e. The highest BCUT2D eigenvalue weighted by Crippen LogP contribution is 2.46. The second-order valence-corrected chi connectivity index (χ2v) is 16.0. The zero-order chi connectivity index (χ0) is 41.2. The number of halogens is 2. The summed E-state index contributed by atoms with van der Waals surface area (Å²) in [7, 11) is 2.84. The van der Waals surface area contributed by atoms with Crippen molar-refractivity contribution >= 4 is 112 Å². The molecular weight excluding hydrogens is 824 g/mol. The van der Waals surface area contributed by atoms with Gasteiger partial charge in [0.2, 0.25) is 0 Å². The Bertz CT molecular complexity index is 3060. The van der Waals surface area contributed by atoms with Gasteiger partial charge >= 0.3 is 5.97 Å². The van der Waals surface area contributed by atoms with Gasteiger partial charge in [0.25, 0.3) is 11.8 Å². The summed E-state index contributed by atoms with van der Waals surface area (Å²) in [6.07, 6.45) is 0. The van der Waals surface area contributed by atoms with Gasteiger partial charge in [0, 0.05) is 38.8 Å². The van der Waals surface area contributed by atoms with Crippen LogP contribution in [0.3, 0.4) is 0 Å². The van der Waals surface area contributed by atoms with Crippen LogP contribution in [0.25, 0.3) is 65.0 Å².